The van der Waals surface area contributed by atoms with Crippen LogP contribution < -0.4 is 4.74 Å². The summed E-state index contributed by atoms with van der Waals surface area (Å²) in [6.45, 7) is 5.31. The molecular weight excluding hydrogens is 410 g/mol. The molecular formula is C29H41NO3. The lowest BCUT2D eigenvalue weighted by Crippen LogP contribution is -2.25. The van der Waals surface area contributed by atoms with E-state index in [1.54, 1.807) is 0 Å². The maximum Gasteiger partial charge on any atom is 0.305 e. The topological polar surface area (TPSA) is 51.3 Å². The summed E-state index contributed by atoms with van der Waals surface area (Å²) in [5.41, 5.74) is 3.97. The third-order valence-electron chi connectivity index (χ3n) is 8.00. The van der Waals surface area contributed by atoms with Crippen LogP contribution in [0.4, 0.5) is 0 Å². The summed E-state index contributed by atoms with van der Waals surface area (Å²) in [5.74, 6) is 3.47. The number of hydrogen-bond donors (Lipinski definition) is 1. The zero-order chi connectivity index (χ0) is 23.0. The molecule has 1 aromatic heterocycles. The Labute approximate surface area is 199 Å². The van der Waals surface area contributed by atoms with Crippen LogP contribution in [0.5, 0.6) is 5.75 Å². The number of ether oxygens (including phenoxy) is 2. The summed E-state index contributed by atoms with van der Waals surface area (Å²) in [6, 6.07) is 11.2. The fourth-order valence-electron chi connectivity index (χ4n) is 5.76. The molecule has 2 aromatic rings. The highest BCUT2D eigenvalue weighted by molar-refractivity contribution is 5.69. The molecule has 0 aliphatic heterocycles. The average molecular weight is 452 g/mol. The first-order valence-corrected chi connectivity index (χ1v) is 13.2. The van der Waals surface area contributed by atoms with Crippen molar-refractivity contribution in [3.8, 4) is 5.75 Å². The second kappa shape index (κ2) is 11.8. The molecule has 0 amide bonds. The zero-order valence-corrected chi connectivity index (χ0v) is 20.5. The Balaban J connectivity index is 1.28. The number of H-pyrrole nitrogens is 1. The van der Waals surface area contributed by atoms with Crippen LogP contribution in [0.2, 0.25) is 0 Å². The van der Waals surface area contributed by atoms with E-state index in [4.69, 9.17) is 9.47 Å². The molecule has 2 aliphatic carbocycles. The molecule has 4 rings (SSSR count). The van der Waals surface area contributed by atoms with Crippen LogP contribution >= 0.6 is 0 Å². The maximum absolute atomic E-state index is 11.7. The van der Waals surface area contributed by atoms with Crippen LogP contribution in [0.3, 0.4) is 0 Å². The van der Waals surface area contributed by atoms with Gasteiger partial charge in [0.05, 0.1) is 6.61 Å². The summed E-state index contributed by atoms with van der Waals surface area (Å²) < 4.78 is 11.2. The van der Waals surface area contributed by atoms with Crippen LogP contribution in [-0.4, -0.2) is 17.6 Å². The second-order valence-corrected chi connectivity index (χ2v) is 10.1. The minimum Gasteiger partial charge on any atom is -0.487 e. The molecule has 180 valence electrons. The smallest absolute Gasteiger partial charge is 0.305 e. The Morgan fingerprint density at radius 1 is 1.09 bits per heavy atom. The van der Waals surface area contributed by atoms with Gasteiger partial charge in [0.15, 0.2) is 0 Å². The fourth-order valence-corrected chi connectivity index (χ4v) is 5.76. The van der Waals surface area contributed by atoms with E-state index in [1.807, 2.05) is 13.1 Å². The van der Waals surface area contributed by atoms with Gasteiger partial charge in [0.25, 0.3) is 0 Å². The highest BCUT2D eigenvalue weighted by Crippen LogP contribution is 2.42. The van der Waals surface area contributed by atoms with Crippen molar-refractivity contribution in [3.05, 3.63) is 53.3 Å². The predicted octanol–water partition coefficient (Wildman–Crippen LogP) is 7.50. The summed E-state index contributed by atoms with van der Waals surface area (Å²) in [6.07, 6.45) is 13.8. The van der Waals surface area contributed by atoms with Crippen molar-refractivity contribution in [3.63, 3.8) is 0 Å². The molecule has 1 heterocycles. The van der Waals surface area contributed by atoms with Gasteiger partial charge in [-0.1, -0.05) is 56.9 Å². The Morgan fingerprint density at radius 2 is 1.88 bits per heavy atom. The zero-order valence-electron chi connectivity index (χ0n) is 20.5. The van der Waals surface area contributed by atoms with Crippen molar-refractivity contribution in [1.82, 2.24) is 4.98 Å². The van der Waals surface area contributed by atoms with Crippen molar-refractivity contribution in [2.45, 2.75) is 96.5 Å². The highest BCUT2D eigenvalue weighted by atomic mass is 16.5. The molecule has 33 heavy (non-hydrogen) atoms. The largest absolute Gasteiger partial charge is 0.487 e. The van der Waals surface area contributed by atoms with Crippen molar-refractivity contribution in [2.24, 2.45) is 11.8 Å². The average Bonchev–Trinajstić information content (AvgIpc) is 3.27. The quantitative estimate of drug-likeness (QED) is 0.360. The van der Waals surface area contributed by atoms with Gasteiger partial charge in [-0.15, -0.1) is 0 Å². The minimum absolute atomic E-state index is 0.0539. The SMILES string of the molecule is CCOC(=O)CCCC1CCCCC1C(C)c1cc(OCc2ccc(C3CCC3)cc2)c[nH]1. The molecule has 1 aromatic carbocycles. The highest BCUT2D eigenvalue weighted by Gasteiger charge is 2.31. The van der Waals surface area contributed by atoms with Gasteiger partial charge in [0.1, 0.15) is 12.4 Å². The van der Waals surface area contributed by atoms with Gasteiger partial charge in [-0.05, 0) is 73.8 Å². The van der Waals surface area contributed by atoms with Crippen LogP contribution in [0.1, 0.15) is 107 Å². The monoisotopic (exact) mass is 451 g/mol. The lowest BCUT2D eigenvalue weighted by molar-refractivity contribution is -0.143. The van der Waals surface area contributed by atoms with Gasteiger partial charge in [-0.25, -0.2) is 0 Å². The molecule has 3 atom stereocenters. The number of carbonyl (C=O) groups is 1. The van der Waals surface area contributed by atoms with Crippen molar-refractivity contribution >= 4 is 5.97 Å². The first kappa shape index (κ1) is 23.9. The summed E-state index contributed by atoms with van der Waals surface area (Å²) in [7, 11) is 0. The van der Waals surface area contributed by atoms with Crippen molar-refractivity contribution in [1.29, 1.82) is 0 Å². The van der Waals surface area contributed by atoms with Gasteiger partial charge in [0, 0.05) is 24.4 Å². The Morgan fingerprint density at radius 3 is 2.61 bits per heavy atom. The van der Waals surface area contributed by atoms with E-state index in [9.17, 15) is 4.79 Å². The summed E-state index contributed by atoms with van der Waals surface area (Å²) in [4.78, 5) is 15.2. The van der Waals surface area contributed by atoms with E-state index in [0.717, 1.165) is 24.5 Å². The number of aromatic nitrogens is 1. The lowest BCUT2D eigenvalue weighted by atomic mass is 9.70. The third kappa shape index (κ3) is 6.43. The number of rotatable bonds is 11. The van der Waals surface area contributed by atoms with Crippen molar-refractivity contribution in [2.75, 3.05) is 6.61 Å². The molecule has 4 heteroatoms. The Kier molecular flexibility index (Phi) is 8.52. The maximum atomic E-state index is 11.7. The number of aromatic amines is 1. The van der Waals surface area contributed by atoms with Gasteiger partial charge in [0.2, 0.25) is 0 Å². The van der Waals surface area contributed by atoms with Crippen LogP contribution in [0.15, 0.2) is 36.5 Å². The normalized spacial score (nSPS) is 21.9. The van der Waals surface area contributed by atoms with Crippen LogP contribution in [0, 0.1) is 11.8 Å². The van der Waals surface area contributed by atoms with E-state index < -0.39 is 0 Å². The first-order valence-electron chi connectivity index (χ1n) is 13.2. The molecule has 4 nitrogen and oxygen atoms in total. The molecule has 2 aliphatic rings. The molecule has 0 radical (unpaired) electrons. The fraction of sp³-hybridized carbons (Fsp3) is 0.621. The van der Waals surface area contributed by atoms with E-state index in [1.165, 1.54) is 61.8 Å². The van der Waals surface area contributed by atoms with Gasteiger partial charge < -0.3 is 14.5 Å². The molecule has 0 saturated heterocycles. The first-order chi connectivity index (χ1) is 16.1. The summed E-state index contributed by atoms with van der Waals surface area (Å²) >= 11 is 0. The van der Waals surface area contributed by atoms with E-state index in [-0.39, 0.29) is 5.97 Å². The standard InChI is InChI=1S/C29H41NO3/c1-3-32-29(31)13-7-11-25-8-4-5-12-27(25)21(2)28-18-26(19-30-28)33-20-22-14-16-24(17-15-22)23-9-6-10-23/h14-19,21,23,25,27,30H,3-13,20H2,1-2H3. The van der Waals surface area contributed by atoms with Crippen LogP contribution in [-0.2, 0) is 16.1 Å². The lowest BCUT2D eigenvalue weighted by Gasteiger charge is -2.35. The number of carbonyl (C=O) groups excluding carboxylic acids is 1. The van der Waals surface area contributed by atoms with Gasteiger partial charge >= 0.3 is 5.97 Å². The molecule has 3 unspecified atom stereocenters. The van der Waals surface area contributed by atoms with Gasteiger partial charge in [-0.2, -0.15) is 0 Å². The number of nitrogens with one attached hydrogen (secondary N) is 1. The van der Waals surface area contributed by atoms with E-state index in [2.05, 4.69) is 42.2 Å². The number of benzene rings is 1. The molecule has 2 saturated carbocycles. The van der Waals surface area contributed by atoms with E-state index >= 15 is 0 Å². The minimum atomic E-state index is -0.0539. The second-order valence-electron chi connectivity index (χ2n) is 10.1. The molecule has 1 N–H and O–H groups in total. The Bertz CT molecular complexity index is 867. The molecule has 0 spiro atoms. The van der Waals surface area contributed by atoms with Crippen LogP contribution in [0.25, 0.3) is 0 Å². The Hall–Kier alpha value is -2.23. The number of hydrogen-bond acceptors (Lipinski definition) is 3. The van der Waals surface area contributed by atoms with Gasteiger partial charge in [-0.3, -0.25) is 4.79 Å². The van der Waals surface area contributed by atoms with Crippen molar-refractivity contribution < 1.29 is 14.3 Å². The molecule has 2 fully saturated rings. The molecule has 0 bridgehead atoms. The predicted molar refractivity (Wildman–Crippen MR) is 133 cm³/mol. The summed E-state index contributed by atoms with van der Waals surface area (Å²) in [5, 5.41) is 0. The number of esters is 1. The third-order valence-corrected chi connectivity index (χ3v) is 8.00. The van der Waals surface area contributed by atoms with E-state index in [0.29, 0.717) is 37.4 Å².